The molecular weight excluding hydrogens is 256 g/mol. The zero-order valence-corrected chi connectivity index (χ0v) is 10.7. The van der Waals surface area contributed by atoms with Crippen LogP contribution in [0.2, 0.25) is 0 Å². The lowest BCUT2D eigenvalue weighted by atomic mass is 10.1. The highest BCUT2D eigenvalue weighted by Crippen LogP contribution is 2.26. The van der Waals surface area contributed by atoms with Gasteiger partial charge in [-0.25, -0.2) is 0 Å². The summed E-state index contributed by atoms with van der Waals surface area (Å²) in [5, 5.41) is 4.05. The van der Waals surface area contributed by atoms with Gasteiger partial charge < -0.3 is 9.26 Å². The molecule has 1 fully saturated rings. The van der Waals surface area contributed by atoms with Crippen molar-refractivity contribution in [3.05, 3.63) is 36.4 Å². The van der Waals surface area contributed by atoms with Crippen molar-refractivity contribution in [3.8, 4) is 11.5 Å². The standard InChI is InChI=1S/C14H12N4O2/c1-2-11-12(16-5-4-15-11)7-9(1)14-17-13(18-20-14)10-3-6-19-8-10/h1-2,4-5,7,10H,3,6,8H2/t10-/m0/s1. The number of ether oxygens (including phenoxy) is 1. The van der Waals surface area contributed by atoms with E-state index in [-0.39, 0.29) is 5.92 Å². The molecule has 4 rings (SSSR count). The van der Waals surface area contributed by atoms with Crippen LogP contribution in [0.5, 0.6) is 0 Å². The maximum absolute atomic E-state index is 5.35. The Hall–Kier alpha value is -2.34. The first-order chi connectivity index (χ1) is 9.90. The molecule has 0 N–H and O–H groups in total. The lowest BCUT2D eigenvalue weighted by molar-refractivity contribution is 0.192. The van der Waals surface area contributed by atoms with Crippen molar-refractivity contribution < 1.29 is 9.26 Å². The predicted molar refractivity (Wildman–Crippen MR) is 71.0 cm³/mol. The molecule has 3 aromatic rings. The monoisotopic (exact) mass is 268 g/mol. The second kappa shape index (κ2) is 4.64. The summed E-state index contributed by atoms with van der Waals surface area (Å²) in [6.45, 7) is 1.43. The Bertz CT molecular complexity index is 750. The van der Waals surface area contributed by atoms with Gasteiger partial charge in [-0.15, -0.1) is 0 Å². The first-order valence-corrected chi connectivity index (χ1v) is 6.53. The van der Waals surface area contributed by atoms with Crippen LogP contribution in [0.15, 0.2) is 35.1 Å². The van der Waals surface area contributed by atoms with Crippen LogP contribution in [-0.4, -0.2) is 33.3 Å². The fraction of sp³-hybridized carbons (Fsp3) is 0.286. The Morgan fingerprint density at radius 3 is 2.85 bits per heavy atom. The third-order valence-corrected chi connectivity index (χ3v) is 3.45. The second-order valence-electron chi connectivity index (χ2n) is 4.78. The van der Waals surface area contributed by atoms with E-state index in [9.17, 15) is 0 Å². The summed E-state index contributed by atoms with van der Waals surface area (Å²) in [5.74, 6) is 1.48. The average molecular weight is 268 g/mol. The zero-order valence-electron chi connectivity index (χ0n) is 10.7. The van der Waals surface area contributed by atoms with E-state index in [1.165, 1.54) is 0 Å². The normalized spacial score (nSPS) is 18.7. The molecule has 6 heteroatoms. The Balaban J connectivity index is 1.71. The van der Waals surface area contributed by atoms with Gasteiger partial charge in [-0.3, -0.25) is 9.97 Å². The second-order valence-corrected chi connectivity index (χ2v) is 4.78. The van der Waals surface area contributed by atoms with Gasteiger partial charge in [-0.1, -0.05) is 5.16 Å². The maximum atomic E-state index is 5.35. The lowest BCUT2D eigenvalue weighted by Crippen LogP contribution is -1.99. The minimum Gasteiger partial charge on any atom is -0.381 e. The van der Waals surface area contributed by atoms with E-state index in [4.69, 9.17) is 9.26 Å². The summed E-state index contributed by atoms with van der Waals surface area (Å²) in [6.07, 6.45) is 4.29. The van der Waals surface area contributed by atoms with Crippen LogP contribution in [0.25, 0.3) is 22.5 Å². The summed E-state index contributed by atoms with van der Waals surface area (Å²) < 4.78 is 10.7. The van der Waals surface area contributed by atoms with Crippen LogP contribution in [0, 0.1) is 0 Å². The molecule has 1 saturated heterocycles. The van der Waals surface area contributed by atoms with E-state index in [1.54, 1.807) is 12.4 Å². The van der Waals surface area contributed by atoms with Gasteiger partial charge in [0.15, 0.2) is 5.82 Å². The van der Waals surface area contributed by atoms with Gasteiger partial charge in [-0.2, -0.15) is 4.98 Å². The molecule has 1 atom stereocenters. The van der Waals surface area contributed by atoms with E-state index >= 15 is 0 Å². The number of rotatable bonds is 2. The van der Waals surface area contributed by atoms with Crippen LogP contribution in [0.4, 0.5) is 0 Å². The summed E-state index contributed by atoms with van der Waals surface area (Å²) in [4.78, 5) is 13.0. The Morgan fingerprint density at radius 2 is 2.00 bits per heavy atom. The van der Waals surface area contributed by atoms with Crippen molar-refractivity contribution in [2.75, 3.05) is 13.2 Å². The minimum absolute atomic E-state index is 0.243. The molecule has 0 saturated carbocycles. The third kappa shape index (κ3) is 1.94. The molecule has 0 amide bonds. The van der Waals surface area contributed by atoms with Crippen molar-refractivity contribution in [1.29, 1.82) is 0 Å². The van der Waals surface area contributed by atoms with Gasteiger partial charge in [0.25, 0.3) is 5.89 Å². The molecule has 1 aliphatic heterocycles. The smallest absolute Gasteiger partial charge is 0.258 e. The van der Waals surface area contributed by atoms with Gasteiger partial charge in [0.2, 0.25) is 0 Å². The quantitative estimate of drug-likeness (QED) is 0.709. The van der Waals surface area contributed by atoms with Crippen LogP contribution in [0.3, 0.4) is 0 Å². The molecule has 2 aromatic heterocycles. The van der Waals surface area contributed by atoms with E-state index in [1.807, 2.05) is 18.2 Å². The van der Waals surface area contributed by atoms with E-state index in [0.29, 0.717) is 12.5 Å². The molecule has 0 bridgehead atoms. The zero-order chi connectivity index (χ0) is 13.4. The van der Waals surface area contributed by atoms with Crippen LogP contribution < -0.4 is 0 Å². The summed E-state index contributed by atoms with van der Waals surface area (Å²) in [7, 11) is 0. The number of hydrogen-bond acceptors (Lipinski definition) is 6. The first-order valence-electron chi connectivity index (χ1n) is 6.53. The molecule has 100 valence electrons. The average Bonchev–Trinajstić information content (AvgIpc) is 3.17. The SMILES string of the molecule is c1cnc2cc(-c3nc([C@H]4CCOC4)no3)ccc2n1. The number of fused-ring (bicyclic) bond motifs is 1. The number of benzene rings is 1. The van der Waals surface area contributed by atoms with Crippen LogP contribution >= 0.6 is 0 Å². The van der Waals surface area contributed by atoms with Gasteiger partial charge in [0.1, 0.15) is 0 Å². The molecule has 20 heavy (non-hydrogen) atoms. The van der Waals surface area contributed by atoms with E-state index < -0.39 is 0 Å². The largest absolute Gasteiger partial charge is 0.381 e. The molecule has 3 heterocycles. The summed E-state index contributed by atoms with van der Waals surface area (Å²) in [6, 6.07) is 5.73. The van der Waals surface area contributed by atoms with Crippen LogP contribution in [-0.2, 0) is 4.74 Å². The molecule has 0 unspecified atom stereocenters. The minimum atomic E-state index is 0.243. The molecule has 1 aliphatic rings. The maximum Gasteiger partial charge on any atom is 0.258 e. The Kier molecular flexibility index (Phi) is 2.67. The number of nitrogens with zero attached hydrogens (tertiary/aromatic N) is 4. The van der Waals surface area contributed by atoms with Crippen molar-refractivity contribution in [2.24, 2.45) is 0 Å². The van der Waals surface area contributed by atoms with Crippen molar-refractivity contribution in [2.45, 2.75) is 12.3 Å². The van der Waals surface area contributed by atoms with Gasteiger partial charge in [0.05, 0.1) is 17.6 Å². The van der Waals surface area contributed by atoms with Crippen LogP contribution in [0.1, 0.15) is 18.2 Å². The molecule has 0 spiro atoms. The first kappa shape index (κ1) is 11.5. The molecule has 0 radical (unpaired) electrons. The van der Waals surface area contributed by atoms with Crippen molar-refractivity contribution >= 4 is 11.0 Å². The summed E-state index contributed by atoms with van der Waals surface area (Å²) >= 11 is 0. The van der Waals surface area contributed by atoms with Gasteiger partial charge in [0, 0.05) is 30.5 Å². The molecular formula is C14H12N4O2. The van der Waals surface area contributed by atoms with Gasteiger partial charge >= 0.3 is 0 Å². The van der Waals surface area contributed by atoms with E-state index in [0.717, 1.165) is 35.4 Å². The highest BCUT2D eigenvalue weighted by atomic mass is 16.5. The molecule has 1 aromatic carbocycles. The predicted octanol–water partition coefficient (Wildman–Crippen LogP) is 2.18. The number of hydrogen-bond donors (Lipinski definition) is 0. The summed E-state index contributed by atoms with van der Waals surface area (Å²) in [5.41, 5.74) is 2.52. The highest BCUT2D eigenvalue weighted by Gasteiger charge is 2.23. The fourth-order valence-electron chi connectivity index (χ4n) is 2.35. The van der Waals surface area contributed by atoms with Crippen molar-refractivity contribution in [3.63, 3.8) is 0 Å². The third-order valence-electron chi connectivity index (χ3n) is 3.45. The fourth-order valence-corrected chi connectivity index (χ4v) is 2.35. The topological polar surface area (TPSA) is 73.9 Å². The Labute approximate surface area is 114 Å². The van der Waals surface area contributed by atoms with E-state index in [2.05, 4.69) is 20.1 Å². The molecule has 0 aliphatic carbocycles. The van der Waals surface area contributed by atoms with Crippen molar-refractivity contribution in [1.82, 2.24) is 20.1 Å². The highest BCUT2D eigenvalue weighted by molar-refractivity contribution is 5.79. The lowest BCUT2D eigenvalue weighted by Gasteiger charge is -1.98. The molecule has 6 nitrogen and oxygen atoms in total. The number of aromatic nitrogens is 4. The Morgan fingerprint density at radius 1 is 1.10 bits per heavy atom. The van der Waals surface area contributed by atoms with Gasteiger partial charge in [-0.05, 0) is 24.6 Å².